The molecule has 0 spiro atoms. The number of fused-ring (bicyclic) bond motifs is 1. The van der Waals surface area contributed by atoms with Crippen LogP contribution < -0.4 is 9.64 Å². The summed E-state index contributed by atoms with van der Waals surface area (Å²) < 4.78 is 17.1. The fourth-order valence-electron chi connectivity index (χ4n) is 4.98. The summed E-state index contributed by atoms with van der Waals surface area (Å²) in [5, 5.41) is 3.96. The van der Waals surface area contributed by atoms with E-state index in [1.54, 1.807) is 13.0 Å². The molecule has 2 aromatic rings. The van der Waals surface area contributed by atoms with Gasteiger partial charge in [0, 0.05) is 11.4 Å². The van der Waals surface area contributed by atoms with Crippen molar-refractivity contribution in [2.24, 2.45) is 11.8 Å². The van der Waals surface area contributed by atoms with Gasteiger partial charge in [0.2, 0.25) is 0 Å². The van der Waals surface area contributed by atoms with Crippen LogP contribution in [0.2, 0.25) is 0 Å². The number of rotatable bonds is 4. The van der Waals surface area contributed by atoms with Crippen molar-refractivity contribution < 1.29 is 23.6 Å². The van der Waals surface area contributed by atoms with Crippen LogP contribution in [-0.4, -0.2) is 34.9 Å². The summed E-state index contributed by atoms with van der Waals surface area (Å²) in [5.74, 6) is 1.08. The zero-order valence-electron chi connectivity index (χ0n) is 18.2. The van der Waals surface area contributed by atoms with Crippen LogP contribution in [0.3, 0.4) is 0 Å². The van der Waals surface area contributed by atoms with Crippen molar-refractivity contribution >= 4 is 29.1 Å². The maximum Gasteiger partial charge on any atom is 0.295 e. The molecule has 1 amide bonds. The number of carbonyl (C=O) groups excluding carboxylic acids is 2. The Morgan fingerprint density at radius 3 is 2.78 bits per heavy atom. The molecule has 1 aliphatic carbocycles. The van der Waals surface area contributed by atoms with E-state index in [9.17, 15) is 9.59 Å². The highest BCUT2D eigenvalue weighted by Crippen LogP contribution is 2.49. The summed E-state index contributed by atoms with van der Waals surface area (Å²) in [6, 6.07) is 8.43. The van der Waals surface area contributed by atoms with E-state index in [0.717, 1.165) is 5.56 Å². The number of Topliss-reactive ketones (excluding diaryl/α,β-unsaturated/α-hetero) is 1. The van der Waals surface area contributed by atoms with Crippen LogP contribution in [0.15, 0.2) is 46.2 Å². The number of ether oxygens (including phenoxy) is 2. The Balaban J connectivity index is 1.63. The molecule has 0 bridgehead atoms. The third-order valence-corrected chi connectivity index (χ3v) is 7.17. The van der Waals surface area contributed by atoms with Crippen molar-refractivity contribution in [3.8, 4) is 5.75 Å². The van der Waals surface area contributed by atoms with Gasteiger partial charge in [0.05, 0.1) is 24.1 Å². The number of hydrogen-bond donors (Lipinski definition) is 0. The summed E-state index contributed by atoms with van der Waals surface area (Å²) in [6.45, 7) is 6.22. The number of hydrogen-bond acceptors (Lipinski definition) is 6. The van der Waals surface area contributed by atoms with Gasteiger partial charge in [0.1, 0.15) is 17.6 Å². The van der Waals surface area contributed by atoms with E-state index in [1.165, 1.54) is 4.90 Å². The smallest absolute Gasteiger partial charge is 0.295 e. The molecular weight excluding hydrogens is 432 g/mol. The molecule has 1 saturated carbocycles. The van der Waals surface area contributed by atoms with Crippen molar-refractivity contribution in [2.75, 3.05) is 11.5 Å². The number of benzene rings is 1. The number of aryl methyl sites for hydroxylation is 1. The molecule has 0 saturated heterocycles. The van der Waals surface area contributed by atoms with E-state index >= 15 is 0 Å². The van der Waals surface area contributed by atoms with Crippen molar-refractivity contribution in [3.63, 3.8) is 0 Å². The maximum atomic E-state index is 13.8. The molecule has 1 aromatic heterocycles. The van der Waals surface area contributed by atoms with Crippen LogP contribution >= 0.6 is 11.6 Å². The Kier molecular flexibility index (Phi) is 5.24. The summed E-state index contributed by atoms with van der Waals surface area (Å²) in [4.78, 5) is 28.8. The minimum Gasteiger partial charge on any atom is -0.494 e. The van der Waals surface area contributed by atoms with Gasteiger partial charge in [0.25, 0.3) is 5.91 Å². The highest BCUT2D eigenvalue weighted by atomic mass is 35.5. The fourth-order valence-corrected chi connectivity index (χ4v) is 5.27. The van der Waals surface area contributed by atoms with Crippen LogP contribution in [0.5, 0.6) is 5.75 Å². The Morgan fingerprint density at radius 2 is 2.06 bits per heavy atom. The number of aromatic nitrogens is 1. The van der Waals surface area contributed by atoms with Gasteiger partial charge in [-0.1, -0.05) is 24.2 Å². The molecule has 32 heavy (non-hydrogen) atoms. The van der Waals surface area contributed by atoms with Gasteiger partial charge in [-0.2, -0.15) is 0 Å². The SMILES string of the molecule is CCOc1cccc(C2C3=C(OC4CC(C)C(Cl)CC4C3=O)C(=O)N2c2cc(C)on2)c1. The molecule has 0 radical (unpaired) electrons. The van der Waals surface area contributed by atoms with Gasteiger partial charge in [-0.25, -0.2) is 0 Å². The lowest BCUT2D eigenvalue weighted by Gasteiger charge is -2.39. The molecule has 5 rings (SSSR count). The zero-order valence-corrected chi connectivity index (χ0v) is 19.0. The molecule has 5 unspecified atom stereocenters. The second-order valence-corrected chi connectivity index (χ2v) is 9.27. The third kappa shape index (κ3) is 3.30. The lowest BCUT2D eigenvalue weighted by Crippen LogP contribution is -2.44. The average molecular weight is 457 g/mol. The number of amides is 1. The largest absolute Gasteiger partial charge is 0.494 e. The number of halogens is 1. The first-order chi connectivity index (χ1) is 15.4. The van der Waals surface area contributed by atoms with Gasteiger partial charge in [-0.05, 0) is 50.3 Å². The van der Waals surface area contributed by atoms with Gasteiger partial charge < -0.3 is 14.0 Å². The first-order valence-electron chi connectivity index (χ1n) is 11.0. The Labute approximate surface area is 191 Å². The van der Waals surface area contributed by atoms with Crippen LogP contribution in [0.25, 0.3) is 0 Å². The van der Waals surface area contributed by atoms with Crippen LogP contribution in [0.1, 0.15) is 44.1 Å². The lowest BCUT2D eigenvalue weighted by molar-refractivity contribution is -0.132. The molecule has 0 N–H and O–H groups in total. The summed E-state index contributed by atoms with van der Waals surface area (Å²) >= 11 is 6.52. The van der Waals surface area contributed by atoms with Crippen molar-refractivity contribution in [2.45, 2.75) is 51.1 Å². The summed E-state index contributed by atoms with van der Waals surface area (Å²) in [7, 11) is 0. The highest BCUT2D eigenvalue weighted by molar-refractivity contribution is 6.21. The van der Waals surface area contributed by atoms with Crippen LogP contribution in [0, 0.1) is 18.8 Å². The Bertz CT molecular complexity index is 1110. The van der Waals surface area contributed by atoms with Crippen LogP contribution in [-0.2, 0) is 14.3 Å². The molecule has 5 atom stereocenters. The molecule has 168 valence electrons. The summed E-state index contributed by atoms with van der Waals surface area (Å²) in [6.07, 6.45) is 0.832. The first-order valence-corrected chi connectivity index (χ1v) is 11.4. The predicted molar refractivity (Wildman–Crippen MR) is 118 cm³/mol. The highest BCUT2D eigenvalue weighted by Gasteiger charge is 2.54. The van der Waals surface area contributed by atoms with Crippen molar-refractivity contribution in [1.82, 2.24) is 5.16 Å². The zero-order chi connectivity index (χ0) is 22.6. The molecule has 1 fully saturated rings. The van der Waals surface area contributed by atoms with Gasteiger partial charge in [-0.15, -0.1) is 11.6 Å². The lowest BCUT2D eigenvalue weighted by atomic mass is 9.74. The molecule has 3 heterocycles. The monoisotopic (exact) mass is 456 g/mol. The first kappa shape index (κ1) is 21.1. The third-order valence-electron chi connectivity index (χ3n) is 6.56. The maximum absolute atomic E-state index is 13.8. The molecule has 1 aromatic carbocycles. The van der Waals surface area contributed by atoms with Crippen molar-refractivity contribution in [1.29, 1.82) is 0 Å². The summed E-state index contributed by atoms with van der Waals surface area (Å²) in [5.41, 5.74) is 1.11. The van der Waals surface area contributed by atoms with Gasteiger partial charge >= 0.3 is 0 Å². The van der Waals surface area contributed by atoms with E-state index in [-0.39, 0.29) is 40.8 Å². The van der Waals surface area contributed by atoms with Gasteiger partial charge in [-0.3, -0.25) is 14.5 Å². The Hall–Kier alpha value is -2.80. The minimum absolute atomic E-state index is 0.0725. The normalized spacial score (nSPS) is 29.6. The number of alkyl halides is 1. The van der Waals surface area contributed by atoms with Gasteiger partial charge in [0.15, 0.2) is 17.4 Å². The molecule has 3 aliphatic rings. The number of nitrogens with zero attached hydrogens (tertiary/aromatic N) is 2. The second kappa shape index (κ2) is 7.96. The molecule has 8 heteroatoms. The van der Waals surface area contributed by atoms with E-state index in [1.807, 2.05) is 31.2 Å². The fraction of sp³-hybridized carbons (Fsp3) is 0.458. The number of anilines is 1. The molecular formula is C24H25ClN2O5. The topological polar surface area (TPSA) is 81.9 Å². The second-order valence-electron chi connectivity index (χ2n) is 8.71. The predicted octanol–water partition coefficient (Wildman–Crippen LogP) is 4.35. The quantitative estimate of drug-likeness (QED) is 0.636. The van der Waals surface area contributed by atoms with E-state index in [0.29, 0.717) is 42.3 Å². The Morgan fingerprint density at radius 1 is 1.25 bits per heavy atom. The average Bonchev–Trinajstić information content (AvgIpc) is 3.31. The van der Waals surface area contributed by atoms with Crippen LogP contribution in [0.4, 0.5) is 5.82 Å². The molecule has 7 nitrogen and oxygen atoms in total. The van der Waals surface area contributed by atoms with E-state index < -0.39 is 6.04 Å². The minimum atomic E-state index is -0.677. The van der Waals surface area contributed by atoms with E-state index in [2.05, 4.69) is 12.1 Å². The number of ketones is 1. The van der Waals surface area contributed by atoms with E-state index in [4.69, 9.17) is 25.6 Å². The van der Waals surface area contributed by atoms with Crippen molar-refractivity contribution in [3.05, 3.63) is 53.0 Å². The number of carbonyl (C=O) groups is 2. The standard InChI is InChI=1S/C24H25ClN2O5/c1-4-30-15-7-5-6-14(10-15)21-20-22(28)16-11-17(25)12(2)8-18(16)31-23(20)24(29)27(21)19-9-13(3)32-26-19/h5-7,9-10,12,16-18,21H,4,8,11H2,1-3H3. The molecule has 2 aliphatic heterocycles.